The number of piperidine rings is 1. The van der Waals surface area contributed by atoms with Gasteiger partial charge < -0.3 is 19.9 Å². The van der Waals surface area contributed by atoms with Crippen LogP contribution in [-0.2, 0) is 17.3 Å². The van der Waals surface area contributed by atoms with Crippen molar-refractivity contribution in [1.29, 1.82) is 0 Å². The van der Waals surface area contributed by atoms with Crippen molar-refractivity contribution >= 4 is 6.09 Å². The SMILES string of the molecule is Cn1cncc1C1(NC(=O)OC(C)(C)C)CCCNC1. The number of imidazole rings is 1. The summed E-state index contributed by atoms with van der Waals surface area (Å²) in [6, 6.07) is 0. The van der Waals surface area contributed by atoms with Crippen LogP contribution in [0, 0.1) is 0 Å². The quantitative estimate of drug-likeness (QED) is 0.862. The molecule has 20 heavy (non-hydrogen) atoms. The fourth-order valence-corrected chi connectivity index (χ4v) is 2.61. The van der Waals surface area contributed by atoms with E-state index in [1.165, 1.54) is 0 Å². The Morgan fingerprint density at radius 1 is 1.55 bits per heavy atom. The van der Waals surface area contributed by atoms with Gasteiger partial charge >= 0.3 is 6.09 Å². The Hall–Kier alpha value is -1.56. The van der Waals surface area contributed by atoms with Gasteiger partial charge in [0.1, 0.15) is 5.60 Å². The van der Waals surface area contributed by atoms with Crippen molar-refractivity contribution in [1.82, 2.24) is 20.2 Å². The number of aryl methyl sites for hydroxylation is 1. The molecule has 0 radical (unpaired) electrons. The number of ether oxygens (including phenoxy) is 1. The van der Waals surface area contributed by atoms with Crippen LogP contribution in [-0.4, -0.2) is 34.3 Å². The molecule has 0 saturated carbocycles. The molecule has 1 amide bonds. The molecule has 2 heterocycles. The summed E-state index contributed by atoms with van der Waals surface area (Å²) in [4.78, 5) is 16.3. The molecule has 1 aromatic heterocycles. The standard InChI is InChI=1S/C14H24N4O2/c1-13(2,3)20-12(19)17-14(6-5-7-15-9-14)11-8-16-10-18(11)4/h8,10,15H,5-7,9H2,1-4H3,(H,17,19). The van der Waals surface area contributed by atoms with Gasteiger partial charge in [-0.2, -0.15) is 0 Å². The van der Waals surface area contributed by atoms with Gasteiger partial charge in [0, 0.05) is 13.6 Å². The van der Waals surface area contributed by atoms with Crippen LogP contribution in [0.1, 0.15) is 39.3 Å². The highest BCUT2D eigenvalue weighted by molar-refractivity contribution is 5.69. The number of nitrogens with zero attached hydrogens (tertiary/aromatic N) is 2. The molecule has 1 atom stereocenters. The first-order valence-corrected chi connectivity index (χ1v) is 7.01. The van der Waals surface area contributed by atoms with Crippen LogP contribution in [0.15, 0.2) is 12.5 Å². The lowest BCUT2D eigenvalue weighted by atomic mass is 9.87. The predicted molar refractivity (Wildman–Crippen MR) is 76.4 cm³/mol. The van der Waals surface area contributed by atoms with Gasteiger partial charge in [0.05, 0.1) is 23.8 Å². The Balaban J connectivity index is 2.20. The highest BCUT2D eigenvalue weighted by Gasteiger charge is 2.38. The lowest BCUT2D eigenvalue weighted by Crippen LogP contribution is -2.56. The van der Waals surface area contributed by atoms with Crippen LogP contribution in [0.2, 0.25) is 0 Å². The van der Waals surface area contributed by atoms with Gasteiger partial charge in [-0.3, -0.25) is 0 Å². The molecule has 1 unspecified atom stereocenters. The fraction of sp³-hybridized carbons (Fsp3) is 0.714. The number of carbonyl (C=O) groups excluding carboxylic acids is 1. The lowest BCUT2D eigenvalue weighted by molar-refractivity contribution is 0.0425. The molecule has 2 rings (SSSR count). The molecule has 0 aromatic carbocycles. The fourth-order valence-electron chi connectivity index (χ4n) is 2.61. The average molecular weight is 280 g/mol. The van der Waals surface area contributed by atoms with Crippen LogP contribution in [0.4, 0.5) is 4.79 Å². The number of rotatable bonds is 2. The molecule has 112 valence electrons. The molecule has 0 spiro atoms. The van der Waals surface area contributed by atoms with Crippen LogP contribution < -0.4 is 10.6 Å². The van der Waals surface area contributed by atoms with E-state index < -0.39 is 11.1 Å². The second-order valence-corrected chi connectivity index (χ2v) is 6.38. The minimum Gasteiger partial charge on any atom is -0.444 e. The van der Waals surface area contributed by atoms with Crippen LogP contribution in [0.5, 0.6) is 0 Å². The third-order valence-electron chi connectivity index (χ3n) is 3.43. The van der Waals surface area contributed by atoms with Crippen molar-refractivity contribution in [2.75, 3.05) is 13.1 Å². The third kappa shape index (κ3) is 3.30. The summed E-state index contributed by atoms with van der Waals surface area (Å²) < 4.78 is 7.34. The molecular formula is C14H24N4O2. The zero-order valence-corrected chi connectivity index (χ0v) is 12.7. The van der Waals surface area contributed by atoms with E-state index in [1.807, 2.05) is 38.6 Å². The lowest BCUT2D eigenvalue weighted by Gasteiger charge is -2.38. The number of hydrogen-bond acceptors (Lipinski definition) is 4. The van der Waals surface area contributed by atoms with E-state index in [2.05, 4.69) is 15.6 Å². The van der Waals surface area contributed by atoms with Crippen molar-refractivity contribution in [3.8, 4) is 0 Å². The van der Waals surface area contributed by atoms with Gasteiger partial charge in [0.25, 0.3) is 0 Å². The maximum absolute atomic E-state index is 12.1. The number of nitrogens with one attached hydrogen (secondary N) is 2. The monoisotopic (exact) mass is 280 g/mol. The van der Waals surface area contributed by atoms with Crippen molar-refractivity contribution in [3.05, 3.63) is 18.2 Å². The first kappa shape index (κ1) is 14.8. The van der Waals surface area contributed by atoms with E-state index in [-0.39, 0.29) is 6.09 Å². The zero-order valence-electron chi connectivity index (χ0n) is 12.7. The molecule has 1 aliphatic heterocycles. The summed E-state index contributed by atoms with van der Waals surface area (Å²) in [5.41, 5.74) is 0.0432. The second kappa shape index (κ2) is 5.44. The average Bonchev–Trinajstić information content (AvgIpc) is 2.74. The molecule has 2 N–H and O–H groups in total. The summed E-state index contributed by atoms with van der Waals surface area (Å²) in [7, 11) is 1.94. The predicted octanol–water partition coefficient (Wildman–Crippen LogP) is 1.52. The van der Waals surface area contributed by atoms with Crippen molar-refractivity contribution in [2.45, 2.75) is 44.8 Å². The first-order valence-electron chi connectivity index (χ1n) is 7.01. The molecule has 1 aromatic rings. The molecule has 6 heteroatoms. The van der Waals surface area contributed by atoms with Crippen molar-refractivity contribution in [3.63, 3.8) is 0 Å². The molecule has 1 fully saturated rings. The first-order chi connectivity index (χ1) is 9.32. The van der Waals surface area contributed by atoms with Gasteiger partial charge in [0.15, 0.2) is 0 Å². The topological polar surface area (TPSA) is 68.2 Å². The Kier molecular flexibility index (Phi) is 4.04. The zero-order chi connectivity index (χ0) is 14.8. The highest BCUT2D eigenvalue weighted by Crippen LogP contribution is 2.28. The summed E-state index contributed by atoms with van der Waals surface area (Å²) in [6.07, 6.45) is 5.05. The maximum atomic E-state index is 12.1. The Morgan fingerprint density at radius 2 is 2.30 bits per heavy atom. The largest absolute Gasteiger partial charge is 0.444 e. The molecular weight excluding hydrogens is 256 g/mol. The van der Waals surface area contributed by atoms with E-state index in [0.717, 1.165) is 25.1 Å². The summed E-state index contributed by atoms with van der Waals surface area (Å²) in [6.45, 7) is 7.24. The van der Waals surface area contributed by atoms with E-state index in [9.17, 15) is 4.79 Å². The number of amides is 1. The minimum atomic E-state index is -0.500. The second-order valence-electron chi connectivity index (χ2n) is 6.38. The number of alkyl carbamates (subject to hydrolysis) is 1. The van der Waals surface area contributed by atoms with E-state index in [1.54, 1.807) is 6.33 Å². The Bertz CT molecular complexity index is 470. The third-order valence-corrected chi connectivity index (χ3v) is 3.43. The van der Waals surface area contributed by atoms with E-state index in [0.29, 0.717) is 6.54 Å². The number of hydrogen-bond donors (Lipinski definition) is 2. The van der Waals surface area contributed by atoms with E-state index >= 15 is 0 Å². The van der Waals surface area contributed by atoms with Crippen LogP contribution in [0.25, 0.3) is 0 Å². The molecule has 0 aliphatic carbocycles. The van der Waals surface area contributed by atoms with Gasteiger partial charge in [-0.05, 0) is 40.2 Å². The summed E-state index contributed by atoms with van der Waals surface area (Å²) >= 11 is 0. The summed E-state index contributed by atoms with van der Waals surface area (Å²) in [5, 5.41) is 6.40. The molecule has 1 saturated heterocycles. The number of aromatic nitrogens is 2. The molecule has 1 aliphatic rings. The van der Waals surface area contributed by atoms with Crippen LogP contribution in [0.3, 0.4) is 0 Å². The maximum Gasteiger partial charge on any atom is 0.408 e. The minimum absolute atomic E-state index is 0.387. The molecule has 0 bridgehead atoms. The van der Waals surface area contributed by atoms with Gasteiger partial charge in [-0.1, -0.05) is 0 Å². The normalized spacial score (nSPS) is 23.4. The molecule has 6 nitrogen and oxygen atoms in total. The van der Waals surface area contributed by atoms with Gasteiger partial charge in [-0.15, -0.1) is 0 Å². The Morgan fingerprint density at radius 3 is 2.80 bits per heavy atom. The smallest absolute Gasteiger partial charge is 0.408 e. The van der Waals surface area contributed by atoms with Crippen molar-refractivity contribution in [2.24, 2.45) is 7.05 Å². The van der Waals surface area contributed by atoms with E-state index in [4.69, 9.17) is 4.74 Å². The number of carbonyl (C=O) groups is 1. The summed E-state index contributed by atoms with van der Waals surface area (Å²) in [5.74, 6) is 0. The Labute approximate surface area is 119 Å². The van der Waals surface area contributed by atoms with Crippen molar-refractivity contribution < 1.29 is 9.53 Å². The van der Waals surface area contributed by atoms with Gasteiger partial charge in [0.2, 0.25) is 0 Å². The van der Waals surface area contributed by atoms with Crippen LogP contribution >= 0.6 is 0 Å². The van der Waals surface area contributed by atoms with Gasteiger partial charge in [-0.25, -0.2) is 9.78 Å². The highest BCUT2D eigenvalue weighted by atomic mass is 16.6.